The van der Waals surface area contributed by atoms with E-state index in [1.165, 1.54) is 12.1 Å². The first-order chi connectivity index (χ1) is 10.2. The zero-order valence-corrected chi connectivity index (χ0v) is 13.2. The summed E-state index contributed by atoms with van der Waals surface area (Å²) in [7, 11) is 0. The van der Waals surface area contributed by atoms with Gasteiger partial charge in [-0.2, -0.15) is 0 Å². The van der Waals surface area contributed by atoms with Gasteiger partial charge in [-0.15, -0.1) is 0 Å². The molecule has 110 valence electrons. The Labute approximate surface area is 131 Å². The number of halogens is 2. The standard InChI is InChI=1S/C16H16BrFN2O/c1-2-19-14-8-16(13-6-3-10(17)9-20-13)21-15-7-11(18)4-5-12(14)15/h3-7,9,14,16,19H,2,8H2,1H3. The van der Waals surface area contributed by atoms with Crippen LogP contribution in [0.5, 0.6) is 5.75 Å². The van der Waals surface area contributed by atoms with Crippen LogP contribution >= 0.6 is 15.9 Å². The average Bonchev–Trinajstić information content (AvgIpc) is 2.47. The largest absolute Gasteiger partial charge is 0.484 e. The second-order valence-electron chi connectivity index (χ2n) is 5.04. The molecule has 0 aliphatic carbocycles. The van der Waals surface area contributed by atoms with Gasteiger partial charge in [0.2, 0.25) is 0 Å². The molecule has 1 aromatic heterocycles. The van der Waals surface area contributed by atoms with Crippen molar-refractivity contribution in [3.63, 3.8) is 0 Å². The Morgan fingerprint density at radius 2 is 2.24 bits per heavy atom. The SMILES string of the molecule is CCNC1CC(c2ccc(Br)cn2)Oc2cc(F)ccc21. The Hall–Kier alpha value is -1.46. The van der Waals surface area contributed by atoms with Crippen molar-refractivity contribution in [1.29, 1.82) is 0 Å². The van der Waals surface area contributed by atoms with E-state index in [0.29, 0.717) is 5.75 Å². The summed E-state index contributed by atoms with van der Waals surface area (Å²) in [5, 5.41) is 3.43. The van der Waals surface area contributed by atoms with Crippen molar-refractivity contribution in [2.75, 3.05) is 6.54 Å². The monoisotopic (exact) mass is 350 g/mol. The molecule has 2 unspecified atom stereocenters. The summed E-state index contributed by atoms with van der Waals surface area (Å²) in [6, 6.07) is 8.74. The quantitative estimate of drug-likeness (QED) is 0.902. The Balaban J connectivity index is 1.94. The second kappa shape index (κ2) is 6.12. The minimum Gasteiger partial charge on any atom is -0.484 e. The molecule has 0 bridgehead atoms. The highest BCUT2D eigenvalue weighted by Crippen LogP contribution is 2.40. The van der Waals surface area contributed by atoms with Crippen LogP contribution in [0, 0.1) is 5.82 Å². The number of aromatic nitrogens is 1. The fourth-order valence-corrected chi connectivity index (χ4v) is 2.87. The first-order valence-electron chi connectivity index (χ1n) is 6.98. The summed E-state index contributed by atoms with van der Waals surface area (Å²) in [6.45, 7) is 2.91. The van der Waals surface area contributed by atoms with E-state index in [-0.39, 0.29) is 18.0 Å². The van der Waals surface area contributed by atoms with Gasteiger partial charge in [0.25, 0.3) is 0 Å². The van der Waals surface area contributed by atoms with Gasteiger partial charge in [0.05, 0.1) is 5.69 Å². The van der Waals surface area contributed by atoms with Crippen molar-refractivity contribution in [2.45, 2.75) is 25.5 Å². The highest BCUT2D eigenvalue weighted by Gasteiger charge is 2.29. The number of hydrogen-bond donors (Lipinski definition) is 1. The molecule has 1 aliphatic heterocycles. The van der Waals surface area contributed by atoms with Crippen LogP contribution < -0.4 is 10.1 Å². The highest BCUT2D eigenvalue weighted by molar-refractivity contribution is 9.10. The summed E-state index contributed by atoms with van der Waals surface area (Å²) in [4.78, 5) is 4.40. The molecule has 3 rings (SSSR count). The van der Waals surface area contributed by atoms with Crippen LogP contribution in [0.2, 0.25) is 0 Å². The maximum Gasteiger partial charge on any atom is 0.142 e. The number of rotatable bonds is 3. The van der Waals surface area contributed by atoms with Crippen molar-refractivity contribution in [2.24, 2.45) is 0 Å². The van der Waals surface area contributed by atoms with Gasteiger partial charge in [-0.25, -0.2) is 4.39 Å². The van der Waals surface area contributed by atoms with E-state index in [1.807, 2.05) is 12.1 Å². The summed E-state index contributed by atoms with van der Waals surface area (Å²) < 4.78 is 20.4. The molecule has 0 fully saturated rings. The van der Waals surface area contributed by atoms with E-state index < -0.39 is 0 Å². The predicted molar refractivity (Wildman–Crippen MR) is 82.7 cm³/mol. The molecule has 21 heavy (non-hydrogen) atoms. The lowest BCUT2D eigenvalue weighted by molar-refractivity contribution is 0.147. The fraction of sp³-hybridized carbons (Fsp3) is 0.312. The lowest BCUT2D eigenvalue weighted by atomic mass is 9.94. The van der Waals surface area contributed by atoms with Gasteiger partial charge in [0, 0.05) is 34.8 Å². The summed E-state index contributed by atoms with van der Waals surface area (Å²) >= 11 is 3.38. The number of benzene rings is 1. The maximum absolute atomic E-state index is 13.5. The lowest BCUT2D eigenvalue weighted by Gasteiger charge is -2.32. The molecule has 0 saturated carbocycles. The number of nitrogens with zero attached hydrogens (tertiary/aromatic N) is 1. The van der Waals surface area contributed by atoms with E-state index in [2.05, 4.69) is 33.2 Å². The molecule has 1 aromatic carbocycles. The molecule has 2 aromatic rings. The minimum absolute atomic E-state index is 0.148. The van der Waals surface area contributed by atoms with Crippen LogP contribution in [0.25, 0.3) is 0 Å². The molecule has 0 saturated heterocycles. The Kier molecular flexibility index (Phi) is 4.22. The Morgan fingerprint density at radius 3 is 2.95 bits per heavy atom. The molecule has 0 amide bonds. The normalized spacial score (nSPS) is 20.7. The smallest absolute Gasteiger partial charge is 0.142 e. The molecule has 0 spiro atoms. The maximum atomic E-state index is 13.5. The Morgan fingerprint density at radius 1 is 1.38 bits per heavy atom. The van der Waals surface area contributed by atoms with Crippen molar-refractivity contribution in [3.8, 4) is 5.75 Å². The van der Waals surface area contributed by atoms with E-state index >= 15 is 0 Å². The highest BCUT2D eigenvalue weighted by atomic mass is 79.9. The van der Waals surface area contributed by atoms with Crippen LogP contribution in [0.3, 0.4) is 0 Å². The average molecular weight is 351 g/mol. The zero-order valence-electron chi connectivity index (χ0n) is 11.6. The first kappa shape index (κ1) is 14.5. The summed E-state index contributed by atoms with van der Waals surface area (Å²) in [6.07, 6.45) is 2.36. The molecular formula is C16H16BrFN2O. The number of pyridine rings is 1. The molecule has 5 heteroatoms. The third-order valence-electron chi connectivity index (χ3n) is 3.60. The Bertz CT molecular complexity index is 633. The van der Waals surface area contributed by atoms with Crippen LogP contribution in [0.4, 0.5) is 4.39 Å². The third kappa shape index (κ3) is 3.09. The number of ether oxygens (including phenoxy) is 1. The summed E-state index contributed by atoms with van der Waals surface area (Å²) in [5.74, 6) is 0.315. The van der Waals surface area contributed by atoms with Gasteiger partial charge in [-0.1, -0.05) is 13.0 Å². The molecule has 0 radical (unpaired) electrons. The van der Waals surface area contributed by atoms with E-state index in [4.69, 9.17) is 4.74 Å². The van der Waals surface area contributed by atoms with Gasteiger partial charge in [0.15, 0.2) is 0 Å². The molecule has 2 atom stereocenters. The lowest BCUT2D eigenvalue weighted by Crippen LogP contribution is -2.29. The minimum atomic E-state index is -0.284. The number of fused-ring (bicyclic) bond motifs is 1. The van der Waals surface area contributed by atoms with Gasteiger partial charge in [0.1, 0.15) is 17.7 Å². The van der Waals surface area contributed by atoms with Gasteiger partial charge in [-0.05, 0) is 40.7 Å². The van der Waals surface area contributed by atoms with E-state index in [9.17, 15) is 4.39 Å². The predicted octanol–water partition coefficient (Wildman–Crippen LogP) is 4.16. The topological polar surface area (TPSA) is 34.2 Å². The van der Waals surface area contributed by atoms with E-state index in [0.717, 1.165) is 28.7 Å². The molecule has 3 nitrogen and oxygen atoms in total. The van der Waals surface area contributed by atoms with Gasteiger partial charge in [-0.3, -0.25) is 4.98 Å². The number of nitrogens with one attached hydrogen (secondary N) is 1. The molecule has 1 aliphatic rings. The fourth-order valence-electron chi connectivity index (χ4n) is 2.64. The molecular weight excluding hydrogens is 335 g/mol. The van der Waals surface area contributed by atoms with Crippen molar-refractivity contribution >= 4 is 15.9 Å². The van der Waals surface area contributed by atoms with Gasteiger partial charge >= 0.3 is 0 Å². The van der Waals surface area contributed by atoms with Crippen LogP contribution in [-0.4, -0.2) is 11.5 Å². The summed E-state index contributed by atoms with van der Waals surface area (Å²) in [5.41, 5.74) is 1.86. The first-order valence-corrected chi connectivity index (χ1v) is 7.77. The third-order valence-corrected chi connectivity index (χ3v) is 4.07. The zero-order chi connectivity index (χ0) is 14.8. The van der Waals surface area contributed by atoms with Crippen molar-refractivity contribution < 1.29 is 9.13 Å². The van der Waals surface area contributed by atoms with Crippen LogP contribution in [-0.2, 0) is 0 Å². The molecule has 1 N–H and O–H groups in total. The van der Waals surface area contributed by atoms with E-state index in [1.54, 1.807) is 12.3 Å². The molecule has 2 heterocycles. The second-order valence-corrected chi connectivity index (χ2v) is 5.95. The van der Waals surface area contributed by atoms with Crippen molar-refractivity contribution in [1.82, 2.24) is 10.3 Å². The van der Waals surface area contributed by atoms with Crippen molar-refractivity contribution in [3.05, 3.63) is 58.1 Å². The van der Waals surface area contributed by atoms with Crippen LogP contribution in [0.15, 0.2) is 41.0 Å². The van der Waals surface area contributed by atoms with Crippen LogP contribution in [0.1, 0.15) is 36.7 Å². The van der Waals surface area contributed by atoms with Gasteiger partial charge < -0.3 is 10.1 Å². The number of hydrogen-bond acceptors (Lipinski definition) is 3.